The highest BCUT2D eigenvalue weighted by Crippen LogP contribution is 2.18. The number of halogens is 1. The first kappa shape index (κ1) is 18.7. The standard InChI is InChI=1S/C18H19ClN2O4/c1-4-25-18(23)15-9-14(17(22)24-3)11(2)21-16(15)20-10-12-5-7-13(19)8-6-12/h5-9H,4,10H2,1-3H3,(H,20,21)/p+1. The van der Waals surface area contributed by atoms with Crippen LogP contribution in [0.5, 0.6) is 0 Å². The quantitative estimate of drug-likeness (QED) is 0.798. The van der Waals surface area contributed by atoms with Crippen molar-refractivity contribution in [3.8, 4) is 0 Å². The average molecular weight is 364 g/mol. The molecule has 1 aromatic heterocycles. The van der Waals surface area contributed by atoms with E-state index in [0.717, 1.165) is 5.56 Å². The molecule has 1 heterocycles. The number of hydrogen-bond acceptors (Lipinski definition) is 5. The number of pyridine rings is 1. The summed E-state index contributed by atoms with van der Waals surface area (Å²) < 4.78 is 9.82. The van der Waals surface area contributed by atoms with Gasteiger partial charge in [0.2, 0.25) is 0 Å². The number of nitrogens with one attached hydrogen (secondary N) is 2. The van der Waals surface area contributed by atoms with Crippen molar-refractivity contribution in [2.75, 3.05) is 19.0 Å². The lowest BCUT2D eigenvalue weighted by Crippen LogP contribution is -2.25. The van der Waals surface area contributed by atoms with Gasteiger partial charge in [0.15, 0.2) is 0 Å². The number of carbonyl (C=O) groups excluding carboxylic acids is 2. The molecule has 1 aromatic carbocycles. The molecule has 25 heavy (non-hydrogen) atoms. The van der Waals surface area contributed by atoms with E-state index in [1.54, 1.807) is 26.0 Å². The van der Waals surface area contributed by atoms with Gasteiger partial charge in [-0.2, -0.15) is 0 Å². The lowest BCUT2D eigenvalue weighted by atomic mass is 10.1. The Morgan fingerprint density at radius 3 is 2.44 bits per heavy atom. The van der Waals surface area contributed by atoms with E-state index in [-0.39, 0.29) is 17.7 Å². The number of aromatic amines is 1. The number of methoxy groups -OCH3 is 1. The van der Waals surface area contributed by atoms with E-state index < -0.39 is 11.9 Å². The Bertz CT molecular complexity index is 775. The van der Waals surface area contributed by atoms with Gasteiger partial charge < -0.3 is 9.47 Å². The van der Waals surface area contributed by atoms with E-state index in [9.17, 15) is 9.59 Å². The summed E-state index contributed by atoms with van der Waals surface area (Å²) in [4.78, 5) is 27.1. The molecule has 0 saturated heterocycles. The third-order valence-corrected chi connectivity index (χ3v) is 3.81. The van der Waals surface area contributed by atoms with Crippen molar-refractivity contribution in [1.29, 1.82) is 0 Å². The molecule has 7 heteroatoms. The minimum absolute atomic E-state index is 0.233. The van der Waals surface area contributed by atoms with Gasteiger partial charge in [-0.1, -0.05) is 23.7 Å². The molecule has 2 aromatic rings. The maximum absolute atomic E-state index is 12.2. The van der Waals surface area contributed by atoms with Crippen LogP contribution >= 0.6 is 11.6 Å². The number of anilines is 1. The average Bonchev–Trinajstić information content (AvgIpc) is 2.60. The molecule has 0 aliphatic heterocycles. The molecule has 0 atom stereocenters. The number of ether oxygens (including phenoxy) is 2. The van der Waals surface area contributed by atoms with Gasteiger partial charge >= 0.3 is 11.9 Å². The number of carbonyl (C=O) groups is 2. The summed E-state index contributed by atoms with van der Waals surface area (Å²) in [5.74, 6) is -0.579. The highest BCUT2D eigenvalue weighted by Gasteiger charge is 2.24. The third kappa shape index (κ3) is 4.70. The van der Waals surface area contributed by atoms with E-state index in [2.05, 4.69) is 10.3 Å². The van der Waals surface area contributed by atoms with Crippen LogP contribution in [0.25, 0.3) is 0 Å². The van der Waals surface area contributed by atoms with Crippen LogP contribution in [-0.2, 0) is 16.0 Å². The Labute approximate surface area is 151 Å². The van der Waals surface area contributed by atoms with E-state index in [1.807, 2.05) is 12.1 Å². The second kappa shape index (κ2) is 8.48. The first-order valence-electron chi connectivity index (χ1n) is 7.77. The monoisotopic (exact) mass is 363 g/mol. The van der Waals surface area contributed by atoms with Crippen LogP contribution in [0.2, 0.25) is 5.02 Å². The van der Waals surface area contributed by atoms with Crippen molar-refractivity contribution in [1.82, 2.24) is 0 Å². The van der Waals surface area contributed by atoms with E-state index in [1.165, 1.54) is 13.2 Å². The number of esters is 2. The Hall–Kier alpha value is -2.60. The second-order valence-corrected chi connectivity index (χ2v) is 5.73. The van der Waals surface area contributed by atoms with Crippen LogP contribution in [-0.4, -0.2) is 25.7 Å². The molecule has 0 radical (unpaired) electrons. The lowest BCUT2D eigenvalue weighted by molar-refractivity contribution is -0.371. The highest BCUT2D eigenvalue weighted by molar-refractivity contribution is 6.30. The normalized spacial score (nSPS) is 10.2. The van der Waals surface area contributed by atoms with Crippen molar-refractivity contribution < 1.29 is 24.0 Å². The number of benzene rings is 1. The van der Waals surface area contributed by atoms with Gasteiger partial charge in [-0.25, -0.2) is 14.6 Å². The summed E-state index contributed by atoms with van der Waals surface area (Å²) in [6, 6.07) is 8.82. The predicted octanol–water partition coefficient (Wildman–Crippen LogP) is 3.04. The summed E-state index contributed by atoms with van der Waals surface area (Å²) in [5, 5.41) is 3.82. The topological polar surface area (TPSA) is 78.8 Å². The van der Waals surface area contributed by atoms with Crippen LogP contribution in [0.1, 0.15) is 38.9 Å². The molecule has 0 amide bonds. The zero-order valence-electron chi connectivity index (χ0n) is 14.3. The number of hydrogen-bond donors (Lipinski definition) is 1. The van der Waals surface area contributed by atoms with Gasteiger partial charge in [0, 0.05) is 5.02 Å². The fourth-order valence-electron chi connectivity index (χ4n) is 2.27. The zero-order chi connectivity index (χ0) is 18.4. The maximum atomic E-state index is 12.2. The molecule has 6 nitrogen and oxygen atoms in total. The molecule has 0 saturated carbocycles. The van der Waals surface area contributed by atoms with Crippen molar-refractivity contribution in [3.05, 3.63) is 57.7 Å². The molecule has 0 bridgehead atoms. The van der Waals surface area contributed by atoms with Crippen LogP contribution in [0.15, 0.2) is 30.3 Å². The molecule has 2 N–H and O–H groups in total. The molecular weight excluding hydrogens is 344 g/mol. The molecule has 0 spiro atoms. The SMILES string of the molecule is CCOC(=O)c1cc(C(=O)OC)c(C)[nH+]c1NCc1ccc(Cl)cc1. The van der Waals surface area contributed by atoms with Crippen LogP contribution < -0.4 is 10.3 Å². The predicted molar refractivity (Wildman–Crippen MR) is 93.8 cm³/mol. The minimum atomic E-state index is -0.525. The summed E-state index contributed by atoms with van der Waals surface area (Å²) >= 11 is 5.88. The number of aryl methyl sites for hydroxylation is 1. The van der Waals surface area contributed by atoms with Crippen molar-refractivity contribution >= 4 is 29.4 Å². The lowest BCUT2D eigenvalue weighted by Gasteiger charge is -2.09. The molecule has 132 valence electrons. The summed E-state index contributed by atoms with van der Waals surface area (Å²) in [6.45, 7) is 4.15. The number of aromatic nitrogens is 1. The molecular formula is C18H20ClN2O4+. The fourth-order valence-corrected chi connectivity index (χ4v) is 2.40. The van der Waals surface area contributed by atoms with Crippen molar-refractivity contribution in [2.45, 2.75) is 20.4 Å². The van der Waals surface area contributed by atoms with E-state index in [0.29, 0.717) is 23.1 Å². The molecule has 0 fully saturated rings. The van der Waals surface area contributed by atoms with E-state index in [4.69, 9.17) is 21.1 Å². The number of rotatable bonds is 6. The summed E-state index contributed by atoms with van der Waals surface area (Å²) in [5.41, 5.74) is 2.09. The van der Waals surface area contributed by atoms with Crippen LogP contribution in [0.4, 0.5) is 5.82 Å². The fraction of sp³-hybridized carbons (Fsp3) is 0.278. The molecule has 2 rings (SSSR count). The maximum Gasteiger partial charge on any atom is 0.346 e. The molecule has 0 aliphatic carbocycles. The van der Waals surface area contributed by atoms with Crippen molar-refractivity contribution in [3.63, 3.8) is 0 Å². The Balaban J connectivity index is 2.33. The smallest absolute Gasteiger partial charge is 0.346 e. The number of H-pyrrole nitrogens is 1. The highest BCUT2D eigenvalue weighted by atomic mass is 35.5. The van der Waals surface area contributed by atoms with Gasteiger partial charge in [-0.15, -0.1) is 0 Å². The van der Waals surface area contributed by atoms with Crippen molar-refractivity contribution in [2.24, 2.45) is 0 Å². The summed E-state index contributed by atoms with van der Waals surface area (Å²) in [7, 11) is 1.29. The van der Waals surface area contributed by atoms with Crippen LogP contribution in [0.3, 0.4) is 0 Å². The van der Waals surface area contributed by atoms with Gasteiger partial charge in [0.05, 0.1) is 13.7 Å². The van der Waals surface area contributed by atoms with Gasteiger partial charge in [0.25, 0.3) is 5.82 Å². The Kier molecular flexibility index (Phi) is 6.36. The van der Waals surface area contributed by atoms with Gasteiger partial charge in [0.1, 0.15) is 23.4 Å². The zero-order valence-corrected chi connectivity index (χ0v) is 15.1. The first-order valence-corrected chi connectivity index (χ1v) is 8.14. The third-order valence-electron chi connectivity index (χ3n) is 3.56. The second-order valence-electron chi connectivity index (χ2n) is 5.29. The largest absolute Gasteiger partial charge is 0.465 e. The summed E-state index contributed by atoms with van der Waals surface area (Å²) in [6.07, 6.45) is 0. The van der Waals surface area contributed by atoms with Gasteiger partial charge in [-0.3, -0.25) is 5.32 Å². The minimum Gasteiger partial charge on any atom is -0.465 e. The first-order chi connectivity index (χ1) is 12.0. The molecule has 0 aliphatic rings. The van der Waals surface area contributed by atoms with Crippen LogP contribution in [0, 0.1) is 6.92 Å². The van der Waals surface area contributed by atoms with Gasteiger partial charge in [-0.05, 0) is 37.6 Å². The molecule has 0 unspecified atom stereocenters. The Morgan fingerprint density at radius 1 is 1.16 bits per heavy atom. The Morgan fingerprint density at radius 2 is 1.84 bits per heavy atom. The van der Waals surface area contributed by atoms with E-state index >= 15 is 0 Å².